The summed E-state index contributed by atoms with van der Waals surface area (Å²) in [5, 5.41) is 10.9. The van der Waals surface area contributed by atoms with E-state index in [0.717, 1.165) is 16.7 Å². The molecule has 0 unspecified atom stereocenters. The SMILES string of the molecule is COc1ccc(-c2cc(C(=O)NN=Cc3ccc(C)cc3)[nH]n2)c(OC)c1. The van der Waals surface area contributed by atoms with E-state index in [9.17, 15) is 4.79 Å². The minimum atomic E-state index is -0.385. The Labute approximate surface area is 157 Å². The van der Waals surface area contributed by atoms with Gasteiger partial charge in [0.15, 0.2) is 0 Å². The number of aromatic nitrogens is 2. The molecule has 0 aliphatic carbocycles. The standard InChI is InChI=1S/C20H20N4O3/c1-13-4-6-14(7-5-13)12-21-24-20(25)18-11-17(22-23-18)16-9-8-15(26-2)10-19(16)27-3/h4-12H,1-3H3,(H,22,23)(H,24,25). The summed E-state index contributed by atoms with van der Waals surface area (Å²) in [6.07, 6.45) is 1.58. The predicted molar refractivity (Wildman–Crippen MR) is 103 cm³/mol. The molecule has 0 spiro atoms. The maximum atomic E-state index is 12.2. The van der Waals surface area contributed by atoms with Crippen molar-refractivity contribution in [3.63, 3.8) is 0 Å². The highest BCUT2D eigenvalue weighted by molar-refractivity contribution is 5.94. The van der Waals surface area contributed by atoms with Crippen LogP contribution in [-0.4, -0.2) is 36.5 Å². The average molecular weight is 364 g/mol. The quantitative estimate of drug-likeness (QED) is 0.519. The number of aryl methyl sites for hydroxylation is 1. The van der Waals surface area contributed by atoms with Crippen molar-refractivity contribution in [3.05, 3.63) is 65.4 Å². The summed E-state index contributed by atoms with van der Waals surface area (Å²) in [7, 11) is 3.15. The number of benzene rings is 2. The molecule has 2 aromatic carbocycles. The van der Waals surface area contributed by atoms with E-state index in [0.29, 0.717) is 22.9 Å². The number of carbonyl (C=O) groups excluding carboxylic acids is 1. The summed E-state index contributed by atoms with van der Waals surface area (Å²) in [6.45, 7) is 2.01. The third-order valence-corrected chi connectivity index (χ3v) is 3.96. The van der Waals surface area contributed by atoms with E-state index in [1.165, 1.54) is 0 Å². The number of rotatable bonds is 6. The molecule has 0 saturated heterocycles. The minimum absolute atomic E-state index is 0.295. The molecule has 1 aromatic heterocycles. The van der Waals surface area contributed by atoms with Gasteiger partial charge in [-0.3, -0.25) is 9.89 Å². The van der Waals surface area contributed by atoms with Gasteiger partial charge in [0.25, 0.3) is 5.91 Å². The zero-order chi connectivity index (χ0) is 19.2. The molecule has 2 N–H and O–H groups in total. The fourth-order valence-electron chi connectivity index (χ4n) is 2.46. The molecular weight excluding hydrogens is 344 g/mol. The van der Waals surface area contributed by atoms with Crippen molar-refractivity contribution < 1.29 is 14.3 Å². The Balaban J connectivity index is 1.71. The Bertz CT molecular complexity index is 962. The van der Waals surface area contributed by atoms with Gasteiger partial charge in [0, 0.05) is 11.6 Å². The molecule has 1 heterocycles. The number of hydrazone groups is 1. The maximum Gasteiger partial charge on any atom is 0.289 e. The van der Waals surface area contributed by atoms with E-state index in [2.05, 4.69) is 20.7 Å². The van der Waals surface area contributed by atoms with E-state index in [1.807, 2.05) is 37.3 Å². The van der Waals surface area contributed by atoms with E-state index < -0.39 is 0 Å². The van der Waals surface area contributed by atoms with Gasteiger partial charge in [0.2, 0.25) is 0 Å². The van der Waals surface area contributed by atoms with Crippen LogP contribution in [0.5, 0.6) is 11.5 Å². The molecule has 1 amide bonds. The van der Waals surface area contributed by atoms with Gasteiger partial charge in [0.1, 0.15) is 17.2 Å². The van der Waals surface area contributed by atoms with Crippen molar-refractivity contribution in [3.8, 4) is 22.8 Å². The second kappa shape index (κ2) is 8.18. The molecule has 0 bridgehead atoms. The van der Waals surface area contributed by atoms with Crippen molar-refractivity contribution in [1.82, 2.24) is 15.6 Å². The van der Waals surface area contributed by atoms with Gasteiger partial charge in [-0.25, -0.2) is 5.43 Å². The summed E-state index contributed by atoms with van der Waals surface area (Å²) < 4.78 is 10.6. The fraction of sp³-hybridized carbons (Fsp3) is 0.150. The van der Waals surface area contributed by atoms with Crippen LogP contribution in [0.2, 0.25) is 0 Å². The second-order valence-electron chi connectivity index (χ2n) is 5.84. The molecule has 7 heteroatoms. The normalized spacial score (nSPS) is 10.8. The molecule has 0 radical (unpaired) electrons. The number of nitrogens with one attached hydrogen (secondary N) is 2. The van der Waals surface area contributed by atoms with E-state index >= 15 is 0 Å². The number of amides is 1. The first-order chi connectivity index (χ1) is 13.1. The van der Waals surface area contributed by atoms with Crippen LogP contribution in [0.3, 0.4) is 0 Å². The molecule has 138 valence electrons. The van der Waals surface area contributed by atoms with Crippen LogP contribution in [0.4, 0.5) is 0 Å². The molecule has 0 fully saturated rings. The van der Waals surface area contributed by atoms with Crippen molar-refractivity contribution in [2.45, 2.75) is 6.92 Å². The van der Waals surface area contributed by atoms with E-state index in [-0.39, 0.29) is 5.91 Å². The molecule has 27 heavy (non-hydrogen) atoms. The van der Waals surface area contributed by atoms with Crippen LogP contribution in [0.1, 0.15) is 21.6 Å². The first-order valence-electron chi connectivity index (χ1n) is 8.28. The average Bonchev–Trinajstić information content (AvgIpc) is 3.19. The Morgan fingerprint density at radius 1 is 1.11 bits per heavy atom. The molecule has 0 aliphatic heterocycles. The van der Waals surface area contributed by atoms with Crippen LogP contribution in [0.15, 0.2) is 53.6 Å². The first-order valence-corrected chi connectivity index (χ1v) is 8.28. The highest BCUT2D eigenvalue weighted by Crippen LogP contribution is 2.32. The zero-order valence-corrected chi connectivity index (χ0v) is 15.3. The Kier molecular flexibility index (Phi) is 5.51. The van der Waals surface area contributed by atoms with Crippen LogP contribution < -0.4 is 14.9 Å². The molecule has 0 atom stereocenters. The van der Waals surface area contributed by atoms with Crippen molar-refractivity contribution in [1.29, 1.82) is 0 Å². The van der Waals surface area contributed by atoms with Crippen LogP contribution in [-0.2, 0) is 0 Å². The summed E-state index contributed by atoms with van der Waals surface area (Å²) in [6, 6.07) is 14.8. The van der Waals surface area contributed by atoms with Gasteiger partial charge >= 0.3 is 0 Å². The molecule has 0 saturated carbocycles. The minimum Gasteiger partial charge on any atom is -0.497 e. The van der Waals surface area contributed by atoms with E-state index in [1.54, 1.807) is 38.6 Å². The second-order valence-corrected chi connectivity index (χ2v) is 5.84. The third-order valence-electron chi connectivity index (χ3n) is 3.96. The third kappa shape index (κ3) is 4.33. The smallest absolute Gasteiger partial charge is 0.289 e. The van der Waals surface area contributed by atoms with Gasteiger partial charge in [-0.05, 0) is 30.7 Å². The topological polar surface area (TPSA) is 88.6 Å². The molecular formula is C20H20N4O3. The summed E-state index contributed by atoms with van der Waals surface area (Å²) >= 11 is 0. The number of methoxy groups -OCH3 is 2. The van der Waals surface area contributed by atoms with Crippen molar-refractivity contribution in [2.24, 2.45) is 5.10 Å². The van der Waals surface area contributed by atoms with Gasteiger partial charge in [-0.2, -0.15) is 10.2 Å². The Hall–Kier alpha value is -3.61. The van der Waals surface area contributed by atoms with Gasteiger partial charge in [-0.15, -0.1) is 0 Å². The number of nitrogens with zero attached hydrogens (tertiary/aromatic N) is 2. The highest BCUT2D eigenvalue weighted by atomic mass is 16.5. The maximum absolute atomic E-state index is 12.2. The predicted octanol–water partition coefficient (Wildman–Crippen LogP) is 3.17. The van der Waals surface area contributed by atoms with Crippen molar-refractivity contribution >= 4 is 12.1 Å². The van der Waals surface area contributed by atoms with Gasteiger partial charge in [-0.1, -0.05) is 29.8 Å². The van der Waals surface area contributed by atoms with Crippen LogP contribution in [0.25, 0.3) is 11.3 Å². The van der Waals surface area contributed by atoms with Crippen LogP contribution in [0, 0.1) is 6.92 Å². The van der Waals surface area contributed by atoms with Gasteiger partial charge in [0.05, 0.1) is 26.1 Å². The summed E-state index contributed by atoms with van der Waals surface area (Å²) in [4.78, 5) is 12.2. The number of carbonyl (C=O) groups is 1. The van der Waals surface area contributed by atoms with Gasteiger partial charge < -0.3 is 9.47 Å². The zero-order valence-electron chi connectivity index (χ0n) is 15.3. The molecule has 7 nitrogen and oxygen atoms in total. The van der Waals surface area contributed by atoms with Crippen LogP contribution >= 0.6 is 0 Å². The number of ether oxygens (including phenoxy) is 2. The lowest BCUT2D eigenvalue weighted by Gasteiger charge is -2.08. The Morgan fingerprint density at radius 3 is 2.59 bits per heavy atom. The lowest BCUT2D eigenvalue weighted by atomic mass is 10.1. The summed E-state index contributed by atoms with van der Waals surface area (Å²) in [5.74, 6) is 0.893. The molecule has 0 aliphatic rings. The first kappa shape index (κ1) is 18.2. The number of aromatic amines is 1. The van der Waals surface area contributed by atoms with E-state index in [4.69, 9.17) is 9.47 Å². The highest BCUT2D eigenvalue weighted by Gasteiger charge is 2.14. The number of H-pyrrole nitrogens is 1. The number of hydrogen-bond donors (Lipinski definition) is 2. The molecule has 3 rings (SSSR count). The monoisotopic (exact) mass is 364 g/mol. The molecule has 3 aromatic rings. The number of hydrogen-bond acceptors (Lipinski definition) is 5. The Morgan fingerprint density at radius 2 is 1.89 bits per heavy atom. The fourth-order valence-corrected chi connectivity index (χ4v) is 2.46. The lowest BCUT2D eigenvalue weighted by Crippen LogP contribution is -2.17. The largest absolute Gasteiger partial charge is 0.497 e. The summed E-state index contributed by atoms with van der Waals surface area (Å²) in [5.41, 5.74) is 6.17. The van der Waals surface area contributed by atoms with Crippen molar-refractivity contribution in [2.75, 3.05) is 14.2 Å². The lowest BCUT2D eigenvalue weighted by molar-refractivity contribution is 0.0950.